The van der Waals surface area contributed by atoms with E-state index in [1.165, 1.54) is 12.1 Å². The van der Waals surface area contributed by atoms with E-state index in [4.69, 9.17) is 9.47 Å². The number of alkyl halides is 3. The third-order valence-electron chi connectivity index (χ3n) is 4.09. The lowest BCUT2D eigenvalue weighted by molar-refractivity contribution is -0.731. The van der Waals surface area contributed by atoms with E-state index >= 15 is 0 Å². The average Bonchev–Trinajstić information content (AvgIpc) is 2.65. The molecule has 0 aliphatic carbocycles. The van der Waals surface area contributed by atoms with Crippen LogP contribution in [0.25, 0.3) is 0 Å². The molecule has 8 heteroatoms. The van der Waals surface area contributed by atoms with Crippen LogP contribution in [-0.4, -0.2) is 24.7 Å². The topological polar surface area (TPSA) is 64.2 Å². The predicted molar refractivity (Wildman–Crippen MR) is 109 cm³/mol. The molecule has 0 saturated heterocycles. The van der Waals surface area contributed by atoms with Crippen molar-refractivity contribution in [1.29, 1.82) is 0 Å². The van der Waals surface area contributed by atoms with Gasteiger partial charge in [-0.25, -0.2) is 0 Å². The third-order valence-corrected chi connectivity index (χ3v) is 4.09. The molecule has 2 aromatic rings. The summed E-state index contributed by atoms with van der Waals surface area (Å²) in [7, 11) is 0. The van der Waals surface area contributed by atoms with Gasteiger partial charge in [0.2, 0.25) is 0 Å². The number of hydrogen-bond acceptors (Lipinski definition) is 3. The van der Waals surface area contributed by atoms with Gasteiger partial charge in [-0.2, -0.15) is 13.2 Å². The molecule has 3 N–H and O–H groups in total. The first-order chi connectivity index (χ1) is 14.0. The lowest BCUT2D eigenvalue weighted by Gasteiger charge is -2.18. The third kappa shape index (κ3) is 7.59. The van der Waals surface area contributed by atoms with Crippen molar-refractivity contribution in [1.82, 2.24) is 0 Å². The molecule has 0 radical (unpaired) electrons. The minimum atomic E-state index is -4.48. The largest absolute Gasteiger partial charge is 0.490 e. The van der Waals surface area contributed by atoms with Crippen molar-refractivity contribution in [2.75, 3.05) is 18.5 Å². The number of nitrogens with one attached hydrogen (secondary N) is 1. The fraction of sp³-hybridized carbons (Fsp3) is 0.409. The fourth-order valence-electron chi connectivity index (χ4n) is 2.60. The van der Waals surface area contributed by atoms with Gasteiger partial charge in [-0.1, -0.05) is 6.07 Å². The van der Waals surface area contributed by atoms with Gasteiger partial charge in [0.15, 0.2) is 18.1 Å². The number of quaternary nitrogens is 1. The van der Waals surface area contributed by atoms with Gasteiger partial charge in [0, 0.05) is 11.3 Å². The van der Waals surface area contributed by atoms with E-state index < -0.39 is 17.6 Å². The Balaban J connectivity index is 2.01. The van der Waals surface area contributed by atoms with Crippen LogP contribution in [0.4, 0.5) is 18.9 Å². The normalized spacial score (nSPS) is 11.8. The summed E-state index contributed by atoms with van der Waals surface area (Å²) in [5.41, 5.74) is 0.357. The number of carbonyl (C=O) groups excluding carboxylic acids is 1. The van der Waals surface area contributed by atoms with Gasteiger partial charge >= 0.3 is 6.18 Å². The second-order valence-electron chi connectivity index (χ2n) is 7.90. The molecule has 0 atom stereocenters. The SMILES string of the molecule is CCOc1cc(C[NH2+]C(C)(C)C)ccc1OCC(=O)Nc1cccc(C(F)(F)F)c1. The van der Waals surface area contributed by atoms with Crippen molar-refractivity contribution in [2.24, 2.45) is 0 Å². The zero-order chi connectivity index (χ0) is 22.4. The Morgan fingerprint density at radius 3 is 2.40 bits per heavy atom. The molecule has 0 fully saturated rings. The van der Waals surface area contributed by atoms with Crippen LogP contribution in [0.1, 0.15) is 38.8 Å². The van der Waals surface area contributed by atoms with Crippen LogP contribution >= 0.6 is 0 Å². The number of ether oxygens (including phenoxy) is 2. The van der Waals surface area contributed by atoms with E-state index in [1.54, 1.807) is 6.07 Å². The second kappa shape index (κ2) is 9.84. The number of rotatable bonds is 8. The number of benzene rings is 2. The van der Waals surface area contributed by atoms with E-state index in [1.807, 2.05) is 19.1 Å². The molecule has 2 rings (SSSR count). The molecule has 0 unspecified atom stereocenters. The number of nitrogens with two attached hydrogens (primary N) is 1. The van der Waals surface area contributed by atoms with Gasteiger partial charge in [0.1, 0.15) is 6.54 Å². The van der Waals surface area contributed by atoms with Crippen LogP contribution in [0, 0.1) is 0 Å². The zero-order valence-corrected chi connectivity index (χ0v) is 17.6. The quantitative estimate of drug-likeness (QED) is 0.672. The summed E-state index contributed by atoms with van der Waals surface area (Å²) in [4.78, 5) is 12.1. The number of carbonyl (C=O) groups is 1. The smallest absolute Gasteiger partial charge is 0.416 e. The van der Waals surface area contributed by atoms with E-state index in [0.717, 1.165) is 24.2 Å². The lowest BCUT2D eigenvalue weighted by atomic mass is 10.1. The van der Waals surface area contributed by atoms with Crippen molar-refractivity contribution in [3.63, 3.8) is 0 Å². The van der Waals surface area contributed by atoms with Crippen molar-refractivity contribution in [3.8, 4) is 11.5 Å². The molecule has 0 aliphatic rings. The second-order valence-corrected chi connectivity index (χ2v) is 7.90. The van der Waals surface area contributed by atoms with Crippen LogP contribution in [0.5, 0.6) is 11.5 Å². The van der Waals surface area contributed by atoms with Crippen LogP contribution in [0.15, 0.2) is 42.5 Å². The van der Waals surface area contributed by atoms with Crippen LogP contribution < -0.4 is 20.1 Å². The molecular formula is C22H28F3N2O3+. The summed E-state index contributed by atoms with van der Waals surface area (Å²) in [6.07, 6.45) is -4.48. The van der Waals surface area contributed by atoms with E-state index in [0.29, 0.717) is 18.1 Å². The molecule has 0 bridgehead atoms. The molecule has 30 heavy (non-hydrogen) atoms. The number of hydrogen-bond donors (Lipinski definition) is 2. The summed E-state index contributed by atoms with van der Waals surface area (Å²) in [5.74, 6) is 0.349. The number of halogens is 3. The Morgan fingerprint density at radius 1 is 1.03 bits per heavy atom. The van der Waals surface area contributed by atoms with E-state index in [2.05, 4.69) is 31.4 Å². The molecule has 0 heterocycles. The van der Waals surface area contributed by atoms with Gasteiger partial charge in [-0.15, -0.1) is 0 Å². The first-order valence-corrected chi connectivity index (χ1v) is 9.68. The number of amides is 1. The Bertz CT molecular complexity index is 861. The predicted octanol–water partition coefficient (Wildman–Crippen LogP) is 3.98. The number of anilines is 1. The highest BCUT2D eigenvalue weighted by Crippen LogP contribution is 2.31. The van der Waals surface area contributed by atoms with Crippen molar-refractivity contribution in [2.45, 2.75) is 46.0 Å². The molecule has 0 aromatic heterocycles. The van der Waals surface area contributed by atoms with Crippen molar-refractivity contribution >= 4 is 11.6 Å². The molecule has 164 valence electrons. The van der Waals surface area contributed by atoms with Gasteiger partial charge in [0.05, 0.1) is 17.7 Å². The summed E-state index contributed by atoms with van der Waals surface area (Å²) in [6.45, 7) is 9.05. The molecule has 2 aromatic carbocycles. The van der Waals surface area contributed by atoms with Gasteiger partial charge in [-0.05, 0) is 64.1 Å². The van der Waals surface area contributed by atoms with Crippen LogP contribution in [0.2, 0.25) is 0 Å². The fourth-order valence-corrected chi connectivity index (χ4v) is 2.60. The van der Waals surface area contributed by atoms with Crippen molar-refractivity contribution in [3.05, 3.63) is 53.6 Å². The summed E-state index contributed by atoms with van der Waals surface area (Å²) >= 11 is 0. The molecule has 0 aliphatic heterocycles. The summed E-state index contributed by atoms with van der Waals surface area (Å²) in [6, 6.07) is 9.94. The Kier molecular flexibility index (Phi) is 7.72. The molecule has 1 amide bonds. The summed E-state index contributed by atoms with van der Waals surface area (Å²) in [5, 5.41) is 4.61. The lowest BCUT2D eigenvalue weighted by Crippen LogP contribution is -2.92. The average molecular weight is 425 g/mol. The standard InChI is InChI=1S/C22H27F3N2O3/c1-5-29-19-11-15(13-26-21(2,3)4)9-10-18(19)30-14-20(28)27-17-8-6-7-16(12-17)22(23,24)25/h6-12,26H,5,13-14H2,1-4H3,(H,27,28)/p+1. The minimum absolute atomic E-state index is 0.0523. The maximum atomic E-state index is 12.8. The van der Waals surface area contributed by atoms with Crippen LogP contribution in [0.3, 0.4) is 0 Å². The van der Waals surface area contributed by atoms with Crippen molar-refractivity contribution < 1.29 is 32.8 Å². The maximum absolute atomic E-state index is 12.8. The van der Waals surface area contributed by atoms with Gasteiger partial charge < -0.3 is 20.1 Å². The van der Waals surface area contributed by atoms with Crippen LogP contribution in [-0.2, 0) is 17.5 Å². The molecule has 0 saturated carbocycles. The highest BCUT2D eigenvalue weighted by molar-refractivity contribution is 5.92. The first kappa shape index (κ1) is 23.5. The molecule has 0 spiro atoms. The Hall–Kier alpha value is -2.74. The van der Waals surface area contributed by atoms with Gasteiger partial charge in [-0.3, -0.25) is 4.79 Å². The summed E-state index contributed by atoms with van der Waals surface area (Å²) < 4.78 is 49.5. The Labute approximate surface area is 174 Å². The first-order valence-electron chi connectivity index (χ1n) is 9.68. The monoisotopic (exact) mass is 425 g/mol. The molecule has 5 nitrogen and oxygen atoms in total. The highest BCUT2D eigenvalue weighted by Gasteiger charge is 2.30. The highest BCUT2D eigenvalue weighted by atomic mass is 19.4. The maximum Gasteiger partial charge on any atom is 0.416 e. The zero-order valence-electron chi connectivity index (χ0n) is 17.6. The van der Waals surface area contributed by atoms with E-state index in [-0.39, 0.29) is 17.8 Å². The minimum Gasteiger partial charge on any atom is -0.490 e. The Morgan fingerprint density at radius 2 is 1.77 bits per heavy atom. The van der Waals surface area contributed by atoms with Gasteiger partial charge in [0.25, 0.3) is 5.91 Å². The molecular weight excluding hydrogens is 397 g/mol. The van der Waals surface area contributed by atoms with E-state index in [9.17, 15) is 18.0 Å².